The van der Waals surface area contributed by atoms with E-state index in [1.165, 1.54) is 0 Å². The Balaban J connectivity index is 0.000000196. The molecule has 0 unspecified atom stereocenters. The molecule has 0 spiro atoms. The van der Waals surface area contributed by atoms with Crippen LogP contribution in [0, 0.1) is 0 Å². The topological polar surface area (TPSA) is 26.3 Å². The summed E-state index contributed by atoms with van der Waals surface area (Å²) >= 11 is 0. The van der Waals surface area contributed by atoms with Crippen LogP contribution in [0.4, 0.5) is 0 Å². The predicted molar refractivity (Wildman–Crippen MR) is 373 cm³/mol. The third kappa shape index (κ3) is 8.64. The van der Waals surface area contributed by atoms with Crippen LogP contribution >= 0.6 is 0 Å². The zero-order valence-corrected chi connectivity index (χ0v) is 43.8. The molecule has 0 amide bonds. The molecule has 2 aromatic heterocycles. The number of hydrogen-bond acceptors (Lipinski definition) is 2. The summed E-state index contributed by atoms with van der Waals surface area (Å²) in [5, 5.41) is -8.89. The molecule has 0 aliphatic heterocycles. The Hall–Kier alpha value is -11.6. The normalized spacial score (nSPS) is 20.2. The summed E-state index contributed by atoms with van der Waals surface area (Å²) in [6, 6.07) is -50.4. The van der Waals surface area contributed by atoms with Crippen LogP contribution in [-0.4, -0.2) is 0 Å². The van der Waals surface area contributed by atoms with Gasteiger partial charge in [0, 0.05) is 21.5 Å². The quantitative estimate of drug-likeness (QED) is 0.149. The van der Waals surface area contributed by atoms with Gasteiger partial charge in [0.25, 0.3) is 0 Å². The van der Waals surface area contributed by atoms with Crippen molar-refractivity contribution in [1.29, 1.82) is 0 Å². The monoisotopic (exact) mass is 1170 g/mol. The van der Waals surface area contributed by atoms with Crippen LogP contribution in [0.3, 0.4) is 0 Å². The summed E-state index contributed by atoms with van der Waals surface area (Å²) in [6.45, 7) is 0. The van der Waals surface area contributed by atoms with Crippen molar-refractivity contribution in [2.45, 2.75) is 0 Å². The van der Waals surface area contributed by atoms with Gasteiger partial charge in [-0.2, -0.15) is 0 Å². The fraction of sp³-hybridized carbons (Fsp3) is 0. The second-order valence-electron chi connectivity index (χ2n) is 18.8. The molecule has 18 rings (SSSR count). The predicted octanol–water partition coefficient (Wildman–Crippen LogP) is 24.6. The fourth-order valence-electron chi connectivity index (χ4n) is 10.2. The van der Waals surface area contributed by atoms with Gasteiger partial charge >= 0.3 is 0 Å². The Morgan fingerprint density at radius 2 is 0.489 bits per heavy atom. The maximum Gasteiger partial charge on any atom is 0.135 e. The molecule has 16 aromatic carbocycles. The number of benzene rings is 16. The molecule has 2 heterocycles. The molecule has 88 heavy (non-hydrogen) atoms. The minimum atomic E-state index is -1.11. The van der Waals surface area contributed by atoms with Gasteiger partial charge in [-0.25, -0.2) is 0 Å². The second kappa shape index (κ2) is 21.2. The van der Waals surface area contributed by atoms with E-state index in [0.29, 0.717) is 0 Å². The van der Waals surface area contributed by atoms with Crippen LogP contribution in [0.1, 0.15) is 74.0 Å². The Kier molecular flexibility index (Phi) is 4.88. The van der Waals surface area contributed by atoms with E-state index in [1.54, 1.807) is 0 Å². The summed E-state index contributed by atoms with van der Waals surface area (Å²) in [5.74, 6) is 0. The lowest BCUT2D eigenvalue weighted by Gasteiger charge is -2.19. The van der Waals surface area contributed by atoms with E-state index >= 15 is 0 Å². The van der Waals surface area contributed by atoms with Crippen molar-refractivity contribution in [3.05, 3.63) is 326 Å². The van der Waals surface area contributed by atoms with Gasteiger partial charge in [0.1, 0.15) is 22.3 Å². The van der Waals surface area contributed by atoms with E-state index in [9.17, 15) is 28.8 Å². The molecule has 0 saturated carbocycles. The van der Waals surface area contributed by atoms with Gasteiger partial charge in [-0.05, 0) is 174 Å². The lowest BCUT2D eigenvalue weighted by Crippen LogP contribution is -1.92. The van der Waals surface area contributed by atoms with Crippen molar-refractivity contribution in [1.82, 2.24) is 0 Å². The summed E-state index contributed by atoms with van der Waals surface area (Å²) in [5.41, 5.74) is -13.1. The molecule has 0 atom stereocenters. The summed E-state index contributed by atoms with van der Waals surface area (Å²) in [6.07, 6.45) is 0. The van der Waals surface area contributed by atoms with Gasteiger partial charge in [-0.3, -0.25) is 0 Å². The highest BCUT2D eigenvalue weighted by Crippen LogP contribution is 2.48. The van der Waals surface area contributed by atoms with E-state index in [0.717, 1.165) is 0 Å². The van der Waals surface area contributed by atoms with E-state index in [4.69, 9.17) is 54.1 Å². The van der Waals surface area contributed by atoms with E-state index in [2.05, 4.69) is 0 Å². The van der Waals surface area contributed by atoms with E-state index < -0.39 is 497 Å². The fourth-order valence-corrected chi connectivity index (χ4v) is 10.2. The molecule has 0 N–H and O–H groups in total. The summed E-state index contributed by atoms with van der Waals surface area (Å²) in [4.78, 5) is 0. The third-order valence-corrected chi connectivity index (χ3v) is 14.0. The van der Waals surface area contributed by atoms with Crippen LogP contribution in [0.2, 0.25) is 0 Å². The SMILES string of the molecule is [2H]c1c([2H])c(-c2c3c([2H])c([2H])c([2H])c([2H])c3c(-c3c([2H])c([2H])c4c([2H])c([2H])c([2H])c([2H])c4c3[2H])c3c([2H])c([2H])c([2H])c([2H])c23)c([2H])c([2H])c1-c1c([2H])c([2H])c2oc3c([2H])c([2H])c([2H])c([2H])c3c2c1[2H].[2H]c1c([2H])c([2H])c(-c2c([2H])c([2H])c([2H])c([2H])c2-c2c3c([2H])c([2H])c([2H])c([2H])c3c(-c3c([2H])c([2H])c(-c4c([2H])c([2H])c5oc6c([2H])c([2H])c([2H])c([2H])c6c5c4[2H])c([2H])c3[2H])c3c([2H])c([2H])c([2H])c([2H])c23)c([2H])c1[2H]. The Morgan fingerprint density at radius 1 is 0.170 bits per heavy atom. The first kappa shape index (κ1) is 20.3. The van der Waals surface area contributed by atoms with Gasteiger partial charge in [0.15, 0.2) is 0 Å². The molecular weight excluding hydrogens is 1060 g/mol. The molecule has 18 aromatic rings. The molecule has 2 heteroatoms. The average molecular weight is 1170 g/mol. The number of furan rings is 2. The molecule has 0 aliphatic rings. The van der Waals surface area contributed by atoms with Crippen molar-refractivity contribution < 1.29 is 82.9 Å². The highest BCUT2D eigenvalue weighted by molar-refractivity contribution is 6.24. The summed E-state index contributed by atoms with van der Waals surface area (Å²) < 4.78 is 493. The molecule has 0 fully saturated rings. The molecular formula is C86H54O2. The van der Waals surface area contributed by atoms with E-state index in [-0.39, 0.29) is 5.39 Å². The highest BCUT2D eigenvalue weighted by Gasteiger charge is 2.21. The Morgan fingerprint density at radius 3 is 0.955 bits per heavy atom. The molecule has 0 radical (unpaired) electrons. The zero-order valence-electron chi connectivity index (χ0n) is 97.8. The van der Waals surface area contributed by atoms with Crippen LogP contribution < -0.4 is 0 Å². The van der Waals surface area contributed by atoms with Gasteiger partial charge in [0.05, 0.1) is 74.0 Å². The lowest BCUT2D eigenvalue weighted by molar-refractivity contribution is 0.668. The zero-order chi connectivity index (χ0) is 105. The number of hydrogen-bond donors (Lipinski definition) is 0. The van der Waals surface area contributed by atoms with Crippen LogP contribution in [-0.2, 0) is 0 Å². The number of fused-ring (bicyclic) bond motifs is 11. The molecule has 410 valence electrons. The first-order valence-electron chi connectivity index (χ1n) is 52.8. The van der Waals surface area contributed by atoms with Gasteiger partial charge < -0.3 is 8.83 Å². The Bertz CT molecular complexity index is 8880. The molecule has 2 nitrogen and oxygen atoms in total. The van der Waals surface area contributed by atoms with E-state index in [1.807, 2.05) is 0 Å². The van der Waals surface area contributed by atoms with Crippen molar-refractivity contribution >= 4 is 97.7 Å². The van der Waals surface area contributed by atoms with Crippen molar-refractivity contribution in [2.75, 3.05) is 0 Å². The van der Waals surface area contributed by atoms with Gasteiger partial charge in [-0.1, -0.05) is 284 Å². The van der Waals surface area contributed by atoms with Crippen molar-refractivity contribution in [3.63, 3.8) is 0 Å². The molecule has 0 bridgehead atoms. The second-order valence-corrected chi connectivity index (χ2v) is 18.8. The third-order valence-electron chi connectivity index (χ3n) is 14.0. The van der Waals surface area contributed by atoms with Gasteiger partial charge in [-0.15, -0.1) is 0 Å². The number of para-hydroxylation sites is 2. The summed E-state index contributed by atoms with van der Waals surface area (Å²) in [7, 11) is 0. The largest absolute Gasteiger partial charge is 0.456 e. The van der Waals surface area contributed by atoms with Crippen LogP contribution in [0.15, 0.2) is 335 Å². The minimum Gasteiger partial charge on any atom is -0.456 e. The minimum absolute atomic E-state index is 0.375. The van der Waals surface area contributed by atoms with Crippen LogP contribution in [0.5, 0.6) is 0 Å². The lowest BCUT2D eigenvalue weighted by atomic mass is 9.83. The van der Waals surface area contributed by atoms with Crippen molar-refractivity contribution in [3.8, 4) is 77.9 Å². The number of rotatable bonds is 7. The Labute approximate surface area is 584 Å². The van der Waals surface area contributed by atoms with Gasteiger partial charge in [0.2, 0.25) is 0 Å². The standard InChI is InChI=1S/C44H28O.C42H26O/c1-2-12-30(13-3-1)33-14-4-5-16-35(33)44-38-19-8-6-17-36(38)43(37-18-7-9-20-39(37)44)31-24-22-29(23-25-31)32-26-27-42-40(28-32)34-15-10-11-21-41(34)45-42;1-2-10-30-25-32(22-19-27(30)9-1)42-36-14-5-3-12-34(36)41(35-13-4-6-15-37(35)42)29-20-17-28(18-21-29)31-23-24-40-38(26-31)33-11-7-8-16-39(33)43-40/h1-28H;1-26H/i1D,2D,3D,4D,5D,6D,7D,8D,9D,10D,11D,12D,13D,14D,15D,16D,17D,18D,19D,20D,21D,22D,23D,24D,25D,26D,27D,28D;1D,2D,3D,4D,5D,6D,7D,8D,9D,10D,11D,12D,13D,14D,15D,16D,17D,18D,19D,20D,21D,22D,23D,24D,25D,26D. The maximum absolute atomic E-state index is 9.55. The maximum atomic E-state index is 9.55. The first-order chi connectivity index (χ1) is 66.1. The highest BCUT2D eigenvalue weighted by atomic mass is 16.3. The molecule has 0 saturated heterocycles. The van der Waals surface area contributed by atoms with Crippen molar-refractivity contribution in [2.24, 2.45) is 0 Å². The average Bonchev–Trinajstić information content (AvgIpc) is 0.752. The van der Waals surface area contributed by atoms with Crippen LogP contribution in [0.25, 0.3) is 176 Å². The molecule has 0 aliphatic carbocycles. The smallest absolute Gasteiger partial charge is 0.135 e. The first-order valence-corrected chi connectivity index (χ1v) is 25.8.